The molecule has 132 valence electrons. The number of nitrogens with zero attached hydrogens (tertiary/aromatic N) is 4. The number of aromatic nitrogens is 4. The number of rotatable bonds is 6. The first-order valence-corrected chi connectivity index (χ1v) is 8.92. The Kier molecular flexibility index (Phi) is 5.45. The van der Waals surface area contributed by atoms with E-state index in [4.69, 9.17) is 16.1 Å². The fourth-order valence-electron chi connectivity index (χ4n) is 1.70. The molecule has 0 aliphatic carbocycles. The molecule has 0 fully saturated rings. The van der Waals surface area contributed by atoms with Crippen molar-refractivity contribution in [2.75, 3.05) is 11.9 Å². The zero-order chi connectivity index (χ0) is 17.9. The third-order valence-corrected chi connectivity index (χ3v) is 4.95. The van der Waals surface area contributed by atoms with Gasteiger partial charge in [-0.15, -0.1) is 10.2 Å². The van der Waals surface area contributed by atoms with Gasteiger partial charge in [0.15, 0.2) is 4.34 Å². The van der Waals surface area contributed by atoms with Gasteiger partial charge < -0.3 is 9.84 Å². The highest BCUT2D eigenvalue weighted by atomic mass is 35.5. The van der Waals surface area contributed by atoms with Crippen molar-refractivity contribution in [3.8, 4) is 11.4 Å². The normalized spacial score (nSPS) is 11.7. The minimum absolute atomic E-state index is 0.102. The zero-order valence-electron chi connectivity index (χ0n) is 12.2. The van der Waals surface area contributed by atoms with Crippen LogP contribution in [0.4, 0.5) is 18.3 Å². The van der Waals surface area contributed by atoms with E-state index in [1.165, 1.54) is 11.8 Å². The number of hydrogen-bond donors (Lipinski definition) is 1. The summed E-state index contributed by atoms with van der Waals surface area (Å²) >= 11 is 8.18. The average Bonchev–Trinajstić information content (AvgIpc) is 3.20. The summed E-state index contributed by atoms with van der Waals surface area (Å²) in [5, 5.41) is 14.2. The highest BCUT2D eigenvalue weighted by molar-refractivity contribution is 8.00. The van der Waals surface area contributed by atoms with Gasteiger partial charge in [-0.3, -0.25) is 0 Å². The van der Waals surface area contributed by atoms with E-state index < -0.39 is 12.7 Å². The summed E-state index contributed by atoms with van der Waals surface area (Å²) in [6, 6.07) is 7.03. The summed E-state index contributed by atoms with van der Waals surface area (Å²) < 4.78 is 42.1. The van der Waals surface area contributed by atoms with Crippen LogP contribution in [0.5, 0.6) is 0 Å². The molecule has 1 N–H and O–H groups in total. The molecule has 25 heavy (non-hydrogen) atoms. The van der Waals surface area contributed by atoms with E-state index in [0.717, 1.165) is 16.9 Å². The molecule has 0 unspecified atom stereocenters. The Morgan fingerprint density at radius 2 is 2.12 bits per heavy atom. The van der Waals surface area contributed by atoms with Gasteiger partial charge >= 0.3 is 6.18 Å². The monoisotopic (exact) mass is 407 g/mol. The van der Waals surface area contributed by atoms with E-state index >= 15 is 0 Å². The molecule has 2 heterocycles. The van der Waals surface area contributed by atoms with Gasteiger partial charge in [0.05, 0.1) is 5.75 Å². The molecular weight excluding hydrogens is 399 g/mol. The van der Waals surface area contributed by atoms with E-state index in [0.29, 0.717) is 26.8 Å². The van der Waals surface area contributed by atoms with Crippen molar-refractivity contribution in [1.82, 2.24) is 20.3 Å². The lowest BCUT2D eigenvalue weighted by Crippen LogP contribution is -2.21. The van der Waals surface area contributed by atoms with E-state index in [1.54, 1.807) is 24.3 Å². The van der Waals surface area contributed by atoms with Crippen molar-refractivity contribution in [2.45, 2.75) is 16.3 Å². The summed E-state index contributed by atoms with van der Waals surface area (Å²) in [7, 11) is 0. The molecule has 0 saturated heterocycles. The summed E-state index contributed by atoms with van der Waals surface area (Å²) in [5.41, 5.74) is 0.724. The van der Waals surface area contributed by atoms with Gasteiger partial charge in [-0.05, 0) is 12.1 Å². The molecule has 0 radical (unpaired) electrons. The van der Waals surface area contributed by atoms with Gasteiger partial charge in [-0.2, -0.15) is 18.2 Å². The Hall–Kier alpha value is -1.85. The molecule has 1 aromatic carbocycles. The summed E-state index contributed by atoms with van der Waals surface area (Å²) in [6.07, 6.45) is -4.31. The topological polar surface area (TPSA) is 76.7 Å². The van der Waals surface area contributed by atoms with Gasteiger partial charge in [0.2, 0.25) is 16.8 Å². The van der Waals surface area contributed by atoms with E-state index in [-0.39, 0.29) is 5.13 Å². The van der Waals surface area contributed by atoms with Gasteiger partial charge in [-0.25, -0.2) is 0 Å². The number of nitrogens with one attached hydrogen (secondary N) is 1. The lowest BCUT2D eigenvalue weighted by Gasteiger charge is -2.05. The molecule has 12 heteroatoms. The average molecular weight is 408 g/mol. The quantitative estimate of drug-likeness (QED) is 0.602. The fourth-order valence-corrected chi connectivity index (χ4v) is 3.47. The van der Waals surface area contributed by atoms with Gasteiger partial charge in [-0.1, -0.05) is 52.0 Å². The van der Waals surface area contributed by atoms with Crippen LogP contribution in [-0.4, -0.2) is 33.1 Å². The molecular formula is C13H9ClF3N5OS2. The number of hydrogen-bond acceptors (Lipinski definition) is 8. The van der Waals surface area contributed by atoms with Crippen molar-refractivity contribution < 1.29 is 17.7 Å². The van der Waals surface area contributed by atoms with Crippen LogP contribution >= 0.6 is 34.7 Å². The number of halogens is 4. The predicted molar refractivity (Wildman–Crippen MR) is 88.8 cm³/mol. The number of thioether (sulfide) groups is 1. The summed E-state index contributed by atoms with van der Waals surface area (Å²) in [4.78, 5) is 4.25. The van der Waals surface area contributed by atoms with E-state index in [9.17, 15) is 13.2 Å². The molecule has 0 aliphatic heterocycles. The molecule has 2 aromatic heterocycles. The van der Waals surface area contributed by atoms with Crippen LogP contribution in [0.3, 0.4) is 0 Å². The first-order chi connectivity index (χ1) is 11.9. The first kappa shape index (κ1) is 18.0. The molecule has 0 amide bonds. The second kappa shape index (κ2) is 7.58. The van der Waals surface area contributed by atoms with Crippen LogP contribution in [0.25, 0.3) is 11.4 Å². The molecule has 3 rings (SSSR count). The number of anilines is 1. The maximum Gasteiger partial charge on any atom is 0.405 e. The molecule has 6 nitrogen and oxygen atoms in total. The Bertz CT molecular complexity index is 854. The Morgan fingerprint density at radius 1 is 1.28 bits per heavy atom. The third-order valence-electron chi connectivity index (χ3n) is 2.72. The van der Waals surface area contributed by atoms with Crippen LogP contribution in [0, 0.1) is 0 Å². The van der Waals surface area contributed by atoms with Crippen LogP contribution in [-0.2, 0) is 5.75 Å². The lowest BCUT2D eigenvalue weighted by atomic mass is 10.2. The van der Waals surface area contributed by atoms with Gasteiger partial charge in [0, 0.05) is 10.6 Å². The highest BCUT2D eigenvalue weighted by Crippen LogP contribution is 2.29. The third kappa shape index (κ3) is 5.31. The summed E-state index contributed by atoms with van der Waals surface area (Å²) in [6.45, 7) is -1.15. The maximum atomic E-state index is 12.1. The van der Waals surface area contributed by atoms with Crippen molar-refractivity contribution in [3.63, 3.8) is 0 Å². The number of alkyl halides is 3. The second-order valence-corrected chi connectivity index (χ2v) is 7.29. The molecule has 0 bridgehead atoms. The first-order valence-electron chi connectivity index (χ1n) is 6.74. The smallest absolute Gasteiger partial charge is 0.351 e. The van der Waals surface area contributed by atoms with E-state index in [2.05, 4.69) is 25.7 Å². The van der Waals surface area contributed by atoms with Crippen molar-refractivity contribution in [3.05, 3.63) is 35.2 Å². The van der Waals surface area contributed by atoms with Crippen molar-refractivity contribution >= 4 is 39.8 Å². The minimum atomic E-state index is -4.31. The highest BCUT2D eigenvalue weighted by Gasteiger charge is 2.27. The lowest BCUT2D eigenvalue weighted by molar-refractivity contribution is -0.115. The molecule has 3 aromatic rings. The molecule has 0 atom stereocenters. The summed E-state index contributed by atoms with van der Waals surface area (Å²) in [5.74, 6) is 1.09. The molecule has 0 saturated carbocycles. The Balaban J connectivity index is 1.57. The molecule has 0 aliphatic rings. The van der Waals surface area contributed by atoms with Crippen LogP contribution in [0.2, 0.25) is 5.02 Å². The standard InChI is InChI=1S/C13H9ClF3N5OS2/c14-8-3-1-2-7(4-8)10-19-9(23-22-10)5-24-12-21-20-11(25-12)18-6-13(15,16)17/h1-4H,5-6H2,(H,18,20). The van der Waals surface area contributed by atoms with Crippen LogP contribution in [0.15, 0.2) is 33.1 Å². The predicted octanol–water partition coefficient (Wildman–Crippen LogP) is 4.51. The zero-order valence-corrected chi connectivity index (χ0v) is 14.6. The second-order valence-electron chi connectivity index (χ2n) is 4.65. The van der Waals surface area contributed by atoms with Crippen LogP contribution in [0.1, 0.15) is 5.89 Å². The maximum absolute atomic E-state index is 12.1. The van der Waals surface area contributed by atoms with E-state index in [1.807, 2.05) is 0 Å². The molecule has 0 spiro atoms. The van der Waals surface area contributed by atoms with Gasteiger partial charge in [0.25, 0.3) is 0 Å². The van der Waals surface area contributed by atoms with Crippen LogP contribution < -0.4 is 5.32 Å². The fraction of sp³-hybridized carbons (Fsp3) is 0.231. The largest absolute Gasteiger partial charge is 0.405 e. The Labute approximate surface area is 152 Å². The minimum Gasteiger partial charge on any atom is -0.351 e. The SMILES string of the molecule is FC(F)(F)CNc1nnc(SCc2nc(-c3cccc(Cl)c3)no2)s1. The van der Waals surface area contributed by atoms with Crippen molar-refractivity contribution in [2.24, 2.45) is 0 Å². The van der Waals surface area contributed by atoms with Crippen molar-refractivity contribution in [1.29, 1.82) is 0 Å². The van der Waals surface area contributed by atoms with Gasteiger partial charge in [0.1, 0.15) is 6.54 Å². The number of benzene rings is 1. The Morgan fingerprint density at radius 3 is 2.88 bits per heavy atom.